The summed E-state index contributed by atoms with van der Waals surface area (Å²) in [6.45, 7) is 10.5. The zero-order chi connectivity index (χ0) is 20.0. The van der Waals surface area contributed by atoms with E-state index in [0.717, 1.165) is 57.4 Å². The first kappa shape index (κ1) is 25.2. The van der Waals surface area contributed by atoms with Crippen LogP contribution < -0.4 is 0 Å². The molecule has 0 aliphatic heterocycles. The van der Waals surface area contributed by atoms with Crippen molar-refractivity contribution >= 4 is 30.3 Å². The number of unbranched alkanes of at least 4 members (excludes halogenated alkanes) is 4. The molecule has 26 heavy (non-hydrogen) atoms. The number of rotatable bonds is 14. The van der Waals surface area contributed by atoms with E-state index < -0.39 is 18.4 Å². The molecule has 0 N–H and O–H groups in total. The van der Waals surface area contributed by atoms with Gasteiger partial charge in [-0.25, -0.2) is 0 Å². The van der Waals surface area contributed by atoms with Crippen LogP contribution in [0, 0.1) is 0 Å². The number of methoxy groups -OCH3 is 2. The molecule has 0 aromatic rings. The van der Waals surface area contributed by atoms with Crippen LogP contribution in [0.3, 0.4) is 0 Å². The van der Waals surface area contributed by atoms with Gasteiger partial charge in [0.25, 0.3) is 0 Å². The van der Waals surface area contributed by atoms with Crippen molar-refractivity contribution < 1.29 is 19.1 Å². The second-order valence-corrected chi connectivity index (χ2v) is 19.7. The fraction of sp³-hybridized carbons (Fsp3) is 0.714. The maximum atomic E-state index is 12.7. The summed E-state index contributed by atoms with van der Waals surface area (Å²) in [5.41, 5.74) is 0.515. The van der Waals surface area contributed by atoms with Crippen LogP contribution in [0.5, 0.6) is 0 Å². The summed E-state index contributed by atoms with van der Waals surface area (Å²) in [6.07, 6.45) is 9.49. The first-order valence-corrected chi connectivity index (χ1v) is 17.5. The predicted molar refractivity (Wildman–Crippen MR) is 111 cm³/mol. The number of allylic oxidation sites excluding steroid dienone is 1. The Morgan fingerprint density at radius 1 is 0.885 bits per heavy atom. The Hall–Kier alpha value is -0.781. The molecule has 0 heterocycles. The molecule has 4 nitrogen and oxygen atoms in total. The fourth-order valence-corrected chi connectivity index (χ4v) is 19.0. The van der Waals surface area contributed by atoms with Gasteiger partial charge in [-0.05, 0) is 0 Å². The molecular weight excluding hydrogens is 435 g/mol. The standard InChI is InChI=1S/C8H13O2.C5H7O2.2C4H9.Sn/c1-3-4-5-6-7-8(9)10-2;1-4(2)5(6)7-3;2*1-3-4-2;/h6H,3-5H2,1-2H3;1-2H2,3H3;2*1,3-4H2,2H3;. The normalized spacial score (nSPS) is 12.0. The van der Waals surface area contributed by atoms with Gasteiger partial charge >= 0.3 is 164 Å². The molecule has 0 aliphatic rings. The second-order valence-electron chi connectivity index (χ2n) is 7.01. The molecule has 0 rings (SSSR count). The molecule has 5 heteroatoms. The Morgan fingerprint density at radius 2 is 1.38 bits per heavy atom. The van der Waals surface area contributed by atoms with Crippen molar-refractivity contribution in [2.45, 2.75) is 79.0 Å². The van der Waals surface area contributed by atoms with Crippen LogP contribution in [0.2, 0.25) is 13.3 Å². The third-order valence-electron chi connectivity index (χ3n) is 4.93. The monoisotopic (exact) mass is 474 g/mol. The van der Waals surface area contributed by atoms with Crippen LogP contribution in [0.25, 0.3) is 0 Å². The molecule has 0 radical (unpaired) electrons. The van der Waals surface area contributed by atoms with Crippen molar-refractivity contribution in [2.75, 3.05) is 14.2 Å². The van der Waals surface area contributed by atoms with Crippen LogP contribution >= 0.6 is 0 Å². The molecule has 0 amide bonds. The molecule has 0 aromatic heterocycles. The van der Waals surface area contributed by atoms with Gasteiger partial charge in [-0.2, -0.15) is 0 Å². The Morgan fingerprint density at radius 3 is 1.81 bits per heavy atom. The average Bonchev–Trinajstić information content (AvgIpc) is 2.66. The van der Waals surface area contributed by atoms with Gasteiger partial charge < -0.3 is 0 Å². The summed E-state index contributed by atoms with van der Waals surface area (Å²) in [6, 6.07) is 0. The zero-order valence-corrected chi connectivity index (χ0v) is 20.3. The van der Waals surface area contributed by atoms with E-state index in [1.54, 1.807) is 0 Å². The van der Waals surface area contributed by atoms with Crippen molar-refractivity contribution in [2.24, 2.45) is 0 Å². The molecule has 0 aromatic carbocycles. The van der Waals surface area contributed by atoms with Gasteiger partial charge in [0.15, 0.2) is 0 Å². The molecule has 150 valence electrons. The van der Waals surface area contributed by atoms with Crippen molar-refractivity contribution in [1.29, 1.82) is 0 Å². The van der Waals surface area contributed by atoms with Crippen LogP contribution in [0.1, 0.15) is 65.7 Å². The van der Waals surface area contributed by atoms with Crippen LogP contribution in [0.15, 0.2) is 21.8 Å². The second kappa shape index (κ2) is 14.3. The Labute approximate surface area is 164 Å². The van der Waals surface area contributed by atoms with Gasteiger partial charge in [0.1, 0.15) is 0 Å². The molecule has 0 spiro atoms. The average molecular weight is 473 g/mol. The summed E-state index contributed by atoms with van der Waals surface area (Å²) in [5.74, 6) is -0.543. The summed E-state index contributed by atoms with van der Waals surface area (Å²) in [4.78, 5) is 24.8. The number of hydrogen-bond acceptors (Lipinski definition) is 4. The Bertz CT molecular complexity index is 474. The van der Waals surface area contributed by atoms with Crippen molar-refractivity contribution in [3.63, 3.8) is 0 Å². The van der Waals surface area contributed by atoms with E-state index >= 15 is 0 Å². The molecule has 0 saturated carbocycles. The predicted octanol–water partition coefficient (Wildman–Crippen LogP) is 5.59. The van der Waals surface area contributed by atoms with Gasteiger partial charge in [-0.1, -0.05) is 0 Å². The molecular formula is C21H38O4Sn. The number of carbonyl (C=O) groups is 2. The minimum atomic E-state index is -3.20. The van der Waals surface area contributed by atoms with Gasteiger partial charge in [0, 0.05) is 0 Å². The molecule has 0 fully saturated rings. The van der Waals surface area contributed by atoms with E-state index in [4.69, 9.17) is 9.47 Å². The van der Waals surface area contributed by atoms with E-state index in [2.05, 4.69) is 33.4 Å². The number of ether oxygens (including phenoxy) is 2. The fourth-order valence-electron chi connectivity index (χ4n) is 3.40. The summed E-state index contributed by atoms with van der Waals surface area (Å²) in [7, 11) is 2.85. The number of hydrogen-bond donors (Lipinski definition) is 0. The number of esters is 2. The minimum absolute atomic E-state index is 0.193. The van der Waals surface area contributed by atoms with Crippen LogP contribution in [0.4, 0.5) is 0 Å². The molecule has 0 aliphatic carbocycles. The van der Waals surface area contributed by atoms with E-state index in [1.807, 2.05) is 0 Å². The van der Waals surface area contributed by atoms with Gasteiger partial charge in [-0.3, -0.25) is 0 Å². The van der Waals surface area contributed by atoms with Crippen molar-refractivity contribution in [3.05, 3.63) is 21.8 Å². The van der Waals surface area contributed by atoms with Gasteiger partial charge in [-0.15, -0.1) is 0 Å². The zero-order valence-electron chi connectivity index (χ0n) is 17.5. The van der Waals surface area contributed by atoms with Gasteiger partial charge in [0.2, 0.25) is 0 Å². The molecule has 0 saturated heterocycles. The third-order valence-corrected chi connectivity index (χ3v) is 20.0. The van der Waals surface area contributed by atoms with Crippen molar-refractivity contribution in [3.8, 4) is 0 Å². The summed E-state index contributed by atoms with van der Waals surface area (Å²) in [5, 5.41) is 0. The summed E-state index contributed by atoms with van der Waals surface area (Å²) >= 11 is -3.20. The maximum absolute atomic E-state index is 12.7. The summed E-state index contributed by atoms with van der Waals surface area (Å²) < 4.78 is 13.7. The number of carbonyl (C=O) groups excluding carboxylic acids is 2. The van der Waals surface area contributed by atoms with E-state index in [9.17, 15) is 9.59 Å². The molecule has 0 unspecified atom stereocenters. The van der Waals surface area contributed by atoms with Gasteiger partial charge in [0.05, 0.1) is 0 Å². The SMILES string of the molecule is C=C([CH2][Sn]([CH2]CCC)([CH2]CCC)/[C](=C/CCCC)C(=O)OC)C(=O)OC. The first-order valence-electron chi connectivity index (χ1n) is 9.97. The topological polar surface area (TPSA) is 52.6 Å². The Kier molecular flexibility index (Phi) is 13.9. The van der Waals surface area contributed by atoms with E-state index in [0.29, 0.717) is 10.0 Å². The first-order chi connectivity index (χ1) is 12.4. The van der Waals surface area contributed by atoms with Crippen LogP contribution in [-0.4, -0.2) is 44.5 Å². The van der Waals surface area contributed by atoms with Crippen LogP contribution in [-0.2, 0) is 19.1 Å². The van der Waals surface area contributed by atoms with E-state index in [1.165, 1.54) is 14.2 Å². The van der Waals surface area contributed by atoms with E-state index in [-0.39, 0.29) is 11.9 Å². The Balaban J connectivity index is 6.02. The molecule has 0 atom stereocenters. The van der Waals surface area contributed by atoms with Crippen molar-refractivity contribution in [1.82, 2.24) is 0 Å². The third kappa shape index (κ3) is 8.27. The quantitative estimate of drug-likeness (QED) is 0.143. The molecule has 0 bridgehead atoms.